The minimum atomic E-state index is 0.0235. The van der Waals surface area contributed by atoms with Crippen LogP contribution in [0.25, 0.3) is 0 Å². The summed E-state index contributed by atoms with van der Waals surface area (Å²) >= 11 is 0. The van der Waals surface area contributed by atoms with E-state index in [4.69, 9.17) is 0 Å². The molecule has 1 aromatic rings. The second kappa shape index (κ2) is 4.61. The van der Waals surface area contributed by atoms with E-state index < -0.39 is 0 Å². The van der Waals surface area contributed by atoms with Crippen molar-refractivity contribution in [3.05, 3.63) is 18.2 Å². The molecule has 20 heavy (non-hydrogen) atoms. The molecule has 108 valence electrons. The smallest absolute Gasteiger partial charge is 0.228 e. The van der Waals surface area contributed by atoms with E-state index in [0.717, 1.165) is 56.9 Å². The van der Waals surface area contributed by atoms with Gasteiger partial charge < -0.3 is 9.88 Å². The van der Waals surface area contributed by atoms with E-state index in [2.05, 4.69) is 14.9 Å². The Morgan fingerprint density at radius 3 is 2.85 bits per heavy atom. The zero-order valence-corrected chi connectivity index (χ0v) is 12.0. The molecule has 3 fully saturated rings. The molecular weight excluding hydrogens is 250 g/mol. The molecule has 1 aliphatic heterocycles. The monoisotopic (exact) mass is 273 g/mol. The molecule has 1 amide bonds. The fourth-order valence-electron chi connectivity index (χ4n) is 4.71. The molecule has 0 aromatic carbocycles. The molecule has 1 aromatic heterocycles. The van der Waals surface area contributed by atoms with Gasteiger partial charge in [-0.2, -0.15) is 0 Å². The number of imidazole rings is 1. The number of hydrogen-bond acceptors (Lipinski definition) is 2. The van der Waals surface area contributed by atoms with Gasteiger partial charge >= 0.3 is 0 Å². The van der Waals surface area contributed by atoms with E-state index in [1.165, 1.54) is 12.8 Å². The fourth-order valence-corrected chi connectivity index (χ4v) is 4.71. The molecule has 2 bridgehead atoms. The lowest BCUT2D eigenvalue weighted by Gasteiger charge is -2.37. The Bertz CT molecular complexity index is 488. The molecule has 3 aliphatic rings. The van der Waals surface area contributed by atoms with Crippen molar-refractivity contribution >= 4 is 5.91 Å². The first-order valence-corrected chi connectivity index (χ1v) is 8.05. The van der Waals surface area contributed by atoms with Crippen LogP contribution < -0.4 is 0 Å². The van der Waals surface area contributed by atoms with E-state index in [1.54, 1.807) is 0 Å². The summed E-state index contributed by atoms with van der Waals surface area (Å²) < 4.78 is 0. The maximum atomic E-state index is 13.0. The molecule has 0 spiro atoms. The molecule has 4 nitrogen and oxygen atoms in total. The second-order valence-corrected chi connectivity index (χ2v) is 6.99. The summed E-state index contributed by atoms with van der Waals surface area (Å²) in [4.78, 5) is 22.7. The van der Waals surface area contributed by atoms with Crippen molar-refractivity contribution in [2.45, 2.75) is 50.9 Å². The first kappa shape index (κ1) is 12.4. The number of nitrogens with one attached hydrogen (secondary N) is 1. The van der Waals surface area contributed by atoms with Crippen LogP contribution >= 0.6 is 0 Å². The quantitative estimate of drug-likeness (QED) is 0.900. The highest BCUT2D eigenvalue weighted by molar-refractivity contribution is 5.83. The van der Waals surface area contributed by atoms with E-state index in [9.17, 15) is 4.79 Å². The standard InChI is InChI=1S/C16H23N3O/c20-15(16-5-3-12(10-16)4-6-16)19-9-1-2-13(11-19)14-17-7-8-18-14/h7-8,12-13H,1-6,9-11H2,(H,17,18). The van der Waals surface area contributed by atoms with Gasteiger partial charge in [-0.3, -0.25) is 4.79 Å². The molecule has 2 saturated carbocycles. The highest BCUT2D eigenvalue weighted by Gasteiger charge is 2.51. The van der Waals surface area contributed by atoms with E-state index in [-0.39, 0.29) is 5.41 Å². The van der Waals surface area contributed by atoms with Crippen molar-refractivity contribution in [3.63, 3.8) is 0 Å². The number of carbonyl (C=O) groups is 1. The van der Waals surface area contributed by atoms with Gasteiger partial charge in [0.25, 0.3) is 0 Å². The van der Waals surface area contributed by atoms with Gasteiger partial charge in [0.2, 0.25) is 5.91 Å². The van der Waals surface area contributed by atoms with Gasteiger partial charge in [-0.05, 0) is 50.9 Å². The van der Waals surface area contributed by atoms with E-state index in [0.29, 0.717) is 11.8 Å². The number of aromatic amines is 1. The van der Waals surface area contributed by atoms with E-state index >= 15 is 0 Å². The van der Waals surface area contributed by atoms with Gasteiger partial charge in [-0.25, -0.2) is 4.98 Å². The number of hydrogen-bond donors (Lipinski definition) is 1. The predicted molar refractivity (Wildman–Crippen MR) is 76.2 cm³/mol. The topological polar surface area (TPSA) is 49.0 Å². The third-order valence-corrected chi connectivity index (χ3v) is 5.81. The van der Waals surface area contributed by atoms with Crippen LogP contribution in [0.2, 0.25) is 0 Å². The first-order valence-electron chi connectivity index (χ1n) is 8.05. The Balaban J connectivity index is 1.49. The molecule has 1 unspecified atom stereocenters. The van der Waals surface area contributed by atoms with Crippen molar-refractivity contribution < 1.29 is 4.79 Å². The molecule has 0 radical (unpaired) electrons. The zero-order chi connectivity index (χ0) is 13.6. The summed E-state index contributed by atoms with van der Waals surface area (Å²) in [6.45, 7) is 1.81. The highest BCUT2D eigenvalue weighted by Crippen LogP contribution is 2.55. The number of piperidine rings is 1. The van der Waals surface area contributed by atoms with Crippen LogP contribution in [0.4, 0.5) is 0 Å². The Labute approximate surface area is 120 Å². The minimum Gasteiger partial charge on any atom is -0.348 e. The summed E-state index contributed by atoms with van der Waals surface area (Å²) in [7, 11) is 0. The first-order chi connectivity index (χ1) is 9.77. The normalized spacial score (nSPS) is 36.5. The van der Waals surface area contributed by atoms with Crippen LogP contribution in [0.5, 0.6) is 0 Å². The average Bonchev–Trinajstić information content (AvgIpc) is 3.23. The van der Waals surface area contributed by atoms with E-state index in [1.807, 2.05) is 12.4 Å². The van der Waals surface area contributed by atoms with Crippen LogP contribution in [0, 0.1) is 11.3 Å². The van der Waals surface area contributed by atoms with Gasteiger partial charge in [-0.15, -0.1) is 0 Å². The maximum Gasteiger partial charge on any atom is 0.228 e. The second-order valence-electron chi connectivity index (χ2n) is 6.99. The Hall–Kier alpha value is -1.32. The summed E-state index contributed by atoms with van der Waals surface area (Å²) in [5, 5.41) is 0. The summed E-state index contributed by atoms with van der Waals surface area (Å²) in [6.07, 6.45) is 11.9. The number of rotatable bonds is 2. The number of aromatic nitrogens is 2. The van der Waals surface area contributed by atoms with Crippen molar-refractivity contribution in [2.75, 3.05) is 13.1 Å². The lowest BCUT2D eigenvalue weighted by molar-refractivity contribution is -0.143. The van der Waals surface area contributed by atoms with Crippen LogP contribution in [-0.2, 0) is 4.79 Å². The SMILES string of the molecule is O=C(N1CCCC(c2ncc[nH]2)C1)C12CCC(CC1)C2. The van der Waals surface area contributed by atoms with Crippen LogP contribution in [-0.4, -0.2) is 33.9 Å². The van der Waals surface area contributed by atoms with Gasteiger partial charge in [-0.1, -0.05) is 0 Å². The number of H-pyrrole nitrogens is 1. The number of fused-ring (bicyclic) bond motifs is 2. The molecular formula is C16H23N3O. The molecule has 1 N–H and O–H groups in total. The molecule has 1 saturated heterocycles. The lowest BCUT2D eigenvalue weighted by atomic mass is 9.82. The maximum absolute atomic E-state index is 13.0. The number of carbonyl (C=O) groups excluding carboxylic acids is 1. The van der Waals surface area contributed by atoms with Crippen molar-refractivity contribution in [3.8, 4) is 0 Å². The average molecular weight is 273 g/mol. The Kier molecular flexibility index (Phi) is 2.86. The third kappa shape index (κ3) is 1.88. The molecule has 2 aliphatic carbocycles. The van der Waals surface area contributed by atoms with Gasteiger partial charge in [0, 0.05) is 36.8 Å². The largest absolute Gasteiger partial charge is 0.348 e. The predicted octanol–water partition coefficient (Wildman–Crippen LogP) is 2.70. The third-order valence-electron chi connectivity index (χ3n) is 5.81. The van der Waals surface area contributed by atoms with Gasteiger partial charge in [0.1, 0.15) is 5.82 Å². The number of nitrogens with zero attached hydrogens (tertiary/aromatic N) is 2. The molecule has 2 heterocycles. The molecule has 4 heteroatoms. The Morgan fingerprint density at radius 2 is 2.20 bits per heavy atom. The summed E-state index contributed by atoms with van der Waals surface area (Å²) in [5.41, 5.74) is 0.0235. The number of amides is 1. The Morgan fingerprint density at radius 1 is 1.35 bits per heavy atom. The number of likely N-dealkylation sites (tertiary alicyclic amines) is 1. The van der Waals surface area contributed by atoms with Crippen molar-refractivity contribution in [1.82, 2.24) is 14.9 Å². The fraction of sp³-hybridized carbons (Fsp3) is 0.750. The zero-order valence-electron chi connectivity index (χ0n) is 12.0. The minimum absolute atomic E-state index is 0.0235. The molecule has 1 atom stereocenters. The van der Waals surface area contributed by atoms with Gasteiger partial charge in [0.15, 0.2) is 0 Å². The lowest BCUT2D eigenvalue weighted by Crippen LogP contribution is -2.46. The summed E-state index contributed by atoms with van der Waals surface area (Å²) in [6, 6.07) is 0. The molecule has 4 rings (SSSR count). The van der Waals surface area contributed by atoms with Gasteiger partial charge in [0.05, 0.1) is 0 Å². The highest BCUT2D eigenvalue weighted by atomic mass is 16.2. The van der Waals surface area contributed by atoms with Crippen LogP contribution in [0.15, 0.2) is 12.4 Å². The van der Waals surface area contributed by atoms with Crippen molar-refractivity contribution in [2.24, 2.45) is 11.3 Å². The van der Waals surface area contributed by atoms with Crippen molar-refractivity contribution in [1.29, 1.82) is 0 Å². The van der Waals surface area contributed by atoms with Crippen LogP contribution in [0.3, 0.4) is 0 Å². The van der Waals surface area contributed by atoms with Crippen LogP contribution in [0.1, 0.15) is 56.7 Å². The summed E-state index contributed by atoms with van der Waals surface area (Å²) in [5.74, 6) is 2.74.